The fourth-order valence-corrected chi connectivity index (χ4v) is 3.79. The molecule has 138 valence electrons. The van der Waals surface area contributed by atoms with Gasteiger partial charge in [-0.1, -0.05) is 17.7 Å². The lowest BCUT2D eigenvalue weighted by Crippen LogP contribution is -2.34. The van der Waals surface area contributed by atoms with Crippen LogP contribution in [0.3, 0.4) is 0 Å². The second kappa shape index (κ2) is 7.05. The number of aromatic nitrogens is 2. The van der Waals surface area contributed by atoms with Gasteiger partial charge in [-0.05, 0) is 57.5 Å². The molecule has 2 fully saturated rings. The van der Waals surface area contributed by atoms with Gasteiger partial charge in [0.05, 0.1) is 23.1 Å². The molecule has 0 bridgehead atoms. The largest absolute Gasteiger partial charge is 0.337 e. The van der Waals surface area contributed by atoms with Gasteiger partial charge in [0, 0.05) is 30.6 Å². The molecule has 2 heterocycles. The summed E-state index contributed by atoms with van der Waals surface area (Å²) >= 11 is 6.31. The van der Waals surface area contributed by atoms with Gasteiger partial charge >= 0.3 is 0 Å². The Kier molecular flexibility index (Phi) is 4.76. The Bertz CT molecular complexity index is 827. The number of amides is 1. The van der Waals surface area contributed by atoms with E-state index in [1.807, 2.05) is 34.7 Å². The summed E-state index contributed by atoms with van der Waals surface area (Å²) in [7, 11) is 2.11. The fraction of sp³-hybridized carbons (Fsp3) is 0.500. The molecule has 1 aromatic heterocycles. The Hall–Kier alpha value is -1.85. The van der Waals surface area contributed by atoms with E-state index in [4.69, 9.17) is 11.6 Å². The van der Waals surface area contributed by atoms with Crippen LogP contribution in [-0.2, 0) is 0 Å². The number of rotatable bonds is 3. The van der Waals surface area contributed by atoms with E-state index in [2.05, 4.69) is 17.0 Å². The van der Waals surface area contributed by atoms with E-state index in [0.717, 1.165) is 73.0 Å². The summed E-state index contributed by atoms with van der Waals surface area (Å²) in [5.41, 5.74) is 3.78. The first-order valence-electron chi connectivity index (χ1n) is 9.37. The fourth-order valence-electron chi connectivity index (χ4n) is 3.61. The molecule has 1 saturated heterocycles. The number of benzene rings is 1. The normalized spacial score (nSPS) is 18.8. The van der Waals surface area contributed by atoms with E-state index in [0.29, 0.717) is 5.92 Å². The molecular formula is C20H25ClN4O. The van der Waals surface area contributed by atoms with E-state index >= 15 is 0 Å². The van der Waals surface area contributed by atoms with Crippen LogP contribution in [0, 0.1) is 6.92 Å². The van der Waals surface area contributed by atoms with Crippen molar-refractivity contribution < 1.29 is 4.79 Å². The zero-order valence-corrected chi connectivity index (χ0v) is 16.2. The van der Waals surface area contributed by atoms with Crippen molar-refractivity contribution in [3.05, 3.63) is 46.2 Å². The molecule has 0 radical (unpaired) electrons. The average molecular weight is 373 g/mol. The molecule has 1 aliphatic carbocycles. The number of hydrogen-bond acceptors (Lipinski definition) is 3. The Labute approximate surface area is 159 Å². The summed E-state index contributed by atoms with van der Waals surface area (Å²) < 4.78 is 1.92. The molecule has 1 saturated carbocycles. The molecule has 0 spiro atoms. The summed E-state index contributed by atoms with van der Waals surface area (Å²) in [6, 6.07) is 5.96. The van der Waals surface area contributed by atoms with Crippen molar-refractivity contribution in [1.82, 2.24) is 19.6 Å². The minimum Gasteiger partial charge on any atom is -0.337 e. The van der Waals surface area contributed by atoms with Crippen molar-refractivity contribution in [2.24, 2.45) is 0 Å². The zero-order valence-electron chi connectivity index (χ0n) is 15.4. The third-order valence-corrected chi connectivity index (χ3v) is 5.81. The highest BCUT2D eigenvalue weighted by molar-refractivity contribution is 6.31. The van der Waals surface area contributed by atoms with Gasteiger partial charge in [0.2, 0.25) is 0 Å². The number of carbonyl (C=O) groups is 1. The monoisotopic (exact) mass is 372 g/mol. The first kappa shape index (κ1) is 17.6. The quantitative estimate of drug-likeness (QED) is 0.828. The van der Waals surface area contributed by atoms with E-state index in [1.165, 1.54) is 0 Å². The molecule has 5 nitrogen and oxygen atoms in total. The minimum absolute atomic E-state index is 0.117. The van der Waals surface area contributed by atoms with E-state index < -0.39 is 0 Å². The standard InChI is InChI=1S/C20H25ClN4O/c1-14-4-7-16(12-18(14)21)25-19(15-5-6-15)17(13-22-25)20(26)24-9-3-8-23(2)10-11-24/h4,7,12-13,15H,3,5-6,8-11H2,1-2H3. The molecule has 4 rings (SSSR count). The highest BCUT2D eigenvalue weighted by atomic mass is 35.5. The van der Waals surface area contributed by atoms with Crippen LogP contribution < -0.4 is 0 Å². The summed E-state index contributed by atoms with van der Waals surface area (Å²) in [4.78, 5) is 17.5. The lowest BCUT2D eigenvalue weighted by atomic mass is 10.1. The average Bonchev–Trinajstić information content (AvgIpc) is 3.41. The topological polar surface area (TPSA) is 41.4 Å². The highest BCUT2D eigenvalue weighted by Gasteiger charge is 2.34. The van der Waals surface area contributed by atoms with Gasteiger partial charge in [-0.15, -0.1) is 0 Å². The van der Waals surface area contributed by atoms with Crippen LogP contribution in [0.15, 0.2) is 24.4 Å². The van der Waals surface area contributed by atoms with Crippen molar-refractivity contribution >= 4 is 17.5 Å². The van der Waals surface area contributed by atoms with Crippen LogP contribution in [-0.4, -0.2) is 58.7 Å². The summed E-state index contributed by atoms with van der Waals surface area (Å²) in [5.74, 6) is 0.540. The van der Waals surface area contributed by atoms with E-state index in [1.54, 1.807) is 6.20 Å². The van der Waals surface area contributed by atoms with Gasteiger partial charge in [0.15, 0.2) is 0 Å². The zero-order chi connectivity index (χ0) is 18.3. The Balaban J connectivity index is 1.68. The second-order valence-electron chi connectivity index (χ2n) is 7.51. The maximum Gasteiger partial charge on any atom is 0.257 e. The smallest absolute Gasteiger partial charge is 0.257 e. The van der Waals surface area contributed by atoms with Gasteiger partial charge in [0.25, 0.3) is 5.91 Å². The van der Waals surface area contributed by atoms with Crippen molar-refractivity contribution in [2.45, 2.75) is 32.1 Å². The third-order valence-electron chi connectivity index (χ3n) is 5.41. The molecule has 2 aromatic rings. The van der Waals surface area contributed by atoms with Crippen LogP contribution >= 0.6 is 11.6 Å². The Morgan fingerprint density at radius 1 is 1.19 bits per heavy atom. The number of halogens is 1. The first-order chi connectivity index (χ1) is 12.5. The van der Waals surface area contributed by atoms with Crippen LogP contribution in [0.25, 0.3) is 5.69 Å². The van der Waals surface area contributed by atoms with Crippen LogP contribution in [0.5, 0.6) is 0 Å². The molecule has 6 heteroatoms. The van der Waals surface area contributed by atoms with Crippen molar-refractivity contribution in [2.75, 3.05) is 33.2 Å². The summed E-state index contributed by atoms with van der Waals surface area (Å²) in [6.07, 6.45) is 5.00. The molecule has 1 aromatic carbocycles. The van der Waals surface area contributed by atoms with Crippen LogP contribution in [0.1, 0.15) is 46.8 Å². The SMILES string of the molecule is Cc1ccc(-n2ncc(C(=O)N3CCCN(C)CC3)c2C2CC2)cc1Cl. The van der Waals surface area contributed by atoms with Crippen molar-refractivity contribution in [3.8, 4) is 5.69 Å². The van der Waals surface area contributed by atoms with Crippen molar-refractivity contribution in [1.29, 1.82) is 0 Å². The second-order valence-corrected chi connectivity index (χ2v) is 7.92. The van der Waals surface area contributed by atoms with Gasteiger partial charge in [-0.2, -0.15) is 5.10 Å². The molecule has 0 atom stereocenters. The number of likely N-dealkylation sites (N-methyl/N-ethyl adjacent to an activating group) is 1. The van der Waals surface area contributed by atoms with Crippen LogP contribution in [0.2, 0.25) is 5.02 Å². The lowest BCUT2D eigenvalue weighted by molar-refractivity contribution is 0.0761. The minimum atomic E-state index is 0.117. The Morgan fingerprint density at radius 2 is 2.00 bits per heavy atom. The number of aryl methyl sites for hydroxylation is 1. The molecule has 0 unspecified atom stereocenters. The highest BCUT2D eigenvalue weighted by Crippen LogP contribution is 2.43. The third kappa shape index (κ3) is 3.38. The summed E-state index contributed by atoms with van der Waals surface area (Å²) in [5, 5.41) is 5.30. The predicted octanol–water partition coefficient (Wildman–Crippen LogP) is 3.49. The van der Waals surface area contributed by atoms with E-state index in [9.17, 15) is 4.79 Å². The maximum atomic E-state index is 13.2. The molecular weight excluding hydrogens is 348 g/mol. The first-order valence-corrected chi connectivity index (χ1v) is 9.74. The molecule has 1 amide bonds. The maximum absolute atomic E-state index is 13.2. The van der Waals surface area contributed by atoms with Gasteiger partial charge in [-0.25, -0.2) is 4.68 Å². The number of hydrogen-bond donors (Lipinski definition) is 0. The Morgan fingerprint density at radius 3 is 2.73 bits per heavy atom. The molecule has 1 aliphatic heterocycles. The van der Waals surface area contributed by atoms with Crippen molar-refractivity contribution in [3.63, 3.8) is 0 Å². The molecule has 26 heavy (non-hydrogen) atoms. The number of nitrogens with zero attached hydrogens (tertiary/aromatic N) is 4. The molecule has 0 N–H and O–H groups in total. The summed E-state index contributed by atoms with van der Waals surface area (Å²) in [6.45, 7) is 5.55. The van der Waals surface area contributed by atoms with Crippen LogP contribution in [0.4, 0.5) is 0 Å². The van der Waals surface area contributed by atoms with Gasteiger partial charge in [-0.3, -0.25) is 4.79 Å². The van der Waals surface area contributed by atoms with Gasteiger partial charge in [0.1, 0.15) is 0 Å². The van der Waals surface area contributed by atoms with E-state index in [-0.39, 0.29) is 5.91 Å². The lowest BCUT2D eigenvalue weighted by Gasteiger charge is -2.21. The number of carbonyl (C=O) groups excluding carboxylic acids is 1. The molecule has 2 aliphatic rings. The predicted molar refractivity (Wildman–Crippen MR) is 103 cm³/mol. The van der Waals surface area contributed by atoms with Gasteiger partial charge < -0.3 is 9.80 Å².